The number of nitrogens with zero attached hydrogens (tertiary/aromatic N) is 3. The first-order chi connectivity index (χ1) is 10.6. The highest BCUT2D eigenvalue weighted by Crippen LogP contribution is 2.11. The molecule has 0 aromatic carbocycles. The summed E-state index contributed by atoms with van der Waals surface area (Å²) in [5, 5.41) is 22.1. The van der Waals surface area contributed by atoms with Gasteiger partial charge in [0.15, 0.2) is 0 Å². The first-order valence-corrected chi connectivity index (χ1v) is 6.98. The number of aromatic nitrogens is 2. The van der Waals surface area contributed by atoms with Gasteiger partial charge in [0.1, 0.15) is 24.0 Å². The zero-order chi connectivity index (χ0) is 17.6. The predicted octanol–water partition coefficient (Wildman–Crippen LogP) is 1.55. The van der Waals surface area contributed by atoms with Gasteiger partial charge in [0, 0.05) is 0 Å². The zero-order valence-electron chi connectivity index (χ0n) is 13.2. The Labute approximate surface area is 132 Å². The molecule has 0 aliphatic rings. The topological polar surface area (TPSA) is 137 Å². The number of amides is 1. The van der Waals surface area contributed by atoms with Crippen LogP contribution in [0.25, 0.3) is 0 Å². The van der Waals surface area contributed by atoms with Gasteiger partial charge in [-0.15, -0.1) is 0 Å². The van der Waals surface area contributed by atoms with Crippen LogP contribution in [0, 0.1) is 10.1 Å². The van der Waals surface area contributed by atoms with E-state index in [9.17, 15) is 19.7 Å². The van der Waals surface area contributed by atoms with Crippen LogP contribution in [0.5, 0.6) is 0 Å². The quantitative estimate of drug-likeness (QED) is 0.572. The lowest BCUT2D eigenvalue weighted by atomic mass is 10.1. The predicted molar refractivity (Wildman–Crippen MR) is 78.9 cm³/mol. The minimum absolute atomic E-state index is 0.101. The Kier molecular flexibility index (Phi) is 6.05. The molecule has 128 valence electrons. The Morgan fingerprint density at radius 3 is 2.70 bits per heavy atom. The number of hydrogen-bond donors (Lipinski definition) is 2. The van der Waals surface area contributed by atoms with Crippen LogP contribution in [0.15, 0.2) is 12.4 Å². The number of rotatable bonds is 7. The molecular formula is C13H20N4O6. The number of ether oxygens (including phenoxy) is 1. The van der Waals surface area contributed by atoms with E-state index in [1.165, 1.54) is 17.0 Å². The monoisotopic (exact) mass is 328 g/mol. The van der Waals surface area contributed by atoms with E-state index in [0.717, 1.165) is 0 Å². The van der Waals surface area contributed by atoms with Crippen LogP contribution in [-0.4, -0.2) is 43.3 Å². The van der Waals surface area contributed by atoms with Crippen molar-refractivity contribution in [2.45, 2.75) is 51.8 Å². The second-order valence-corrected chi connectivity index (χ2v) is 5.86. The van der Waals surface area contributed by atoms with E-state index in [1.807, 2.05) is 0 Å². The van der Waals surface area contributed by atoms with E-state index >= 15 is 0 Å². The molecule has 0 radical (unpaired) electrons. The molecule has 0 saturated carbocycles. The van der Waals surface area contributed by atoms with Crippen LogP contribution < -0.4 is 5.32 Å². The zero-order valence-corrected chi connectivity index (χ0v) is 13.2. The lowest BCUT2D eigenvalue weighted by molar-refractivity contribution is -0.396. The van der Waals surface area contributed by atoms with Gasteiger partial charge in [-0.1, -0.05) is 4.98 Å². The summed E-state index contributed by atoms with van der Waals surface area (Å²) in [6.07, 6.45) is 2.33. The number of alkyl carbamates (subject to hydrolysis) is 1. The molecule has 0 spiro atoms. The second kappa shape index (κ2) is 7.56. The molecule has 10 heteroatoms. The van der Waals surface area contributed by atoms with Crippen molar-refractivity contribution in [1.29, 1.82) is 0 Å². The molecule has 2 N–H and O–H groups in total. The molecule has 0 aliphatic heterocycles. The summed E-state index contributed by atoms with van der Waals surface area (Å²) in [6, 6.07) is -1.13. The molecule has 0 aliphatic carbocycles. The molecule has 0 bridgehead atoms. The lowest BCUT2D eigenvalue weighted by Gasteiger charge is -2.21. The molecule has 1 atom stereocenters. The fourth-order valence-electron chi connectivity index (χ4n) is 1.82. The maximum absolute atomic E-state index is 11.6. The molecule has 1 heterocycles. The third-order valence-electron chi connectivity index (χ3n) is 2.74. The Hall–Kier alpha value is -2.65. The normalized spacial score (nSPS) is 12.5. The van der Waals surface area contributed by atoms with E-state index in [0.29, 0.717) is 6.42 Å². The highest BCUT2D eigenvalue weighted by molar-refractivity contribution is 5.79. The average Bonchev–Trinajstić information content (AvgIpc) is 2.83. The summed E-state index contributed by atoms with van der Waals surface area (Å²) in [7, 11) is 0. The molecule has 1 aromatic rings. The summed E-state index contributed by atoms with van der Waals surface area (Å²) < 4.78 is 6.32. The van der Waals surface area contributed by atoms with Crippen LogP contribution in [0.2, 0.25) is 0 Å². The van der Waals surface area contributed by atoms with E-state index in [-0.39, 0.29) is 18.9 Å². The number of aryl methyl sites for hydroxylation is 1. The summed E-state index contributed by atoms with van der Waals surface area (Å²) in [5.41, 5.74) is -0.732. The number of carbonyl (C=O) groups is 2. The molecule has 0 unspecified atom stereocenters. The fraction of sp³-hybridized carbons (Fsp3) is 0.615. The number of hydrogen-bond acceptors (Lipinski definition) is 6. The van der Waals surface area contributed by atoms with Crippen molar-refractivity contribution in [3.05, 3.63) is 22.5 Å². The number of carboxylic acids is 1. The third-order valence-corrected chi connectivity index (χ3v) is 2.74. The number of aliphatic carboxylic acids is 1. The number of nitro groups is 1. The lowest BCUT2D eigenvalue weighted by Crippen LogP contribution is -2.43. The highest BCUT2D eigenvalue weighted by Gasteiger charge is 2.24. The van der Waals surface area contributed by atoms with Gasteiger partial charge in [-0.3, -0.25) is 0 Å². The van der Waals surface area contributed by atoms with Gasteiger partial charge < -0.3 is 25.3 Å². The van der Waals surface area contributed by atoms with Crippen LogP contribution in [0.3, 0.4) is 0 Å². The Morgan fingerprint density at radius 1 is 1.52 bits per heavy atom. The summed E-state index contributed by atoms with van der Waals surface area (Å²) in [5.74, 6) is -1.51. The number of carboxylic acid groups (broad SMARTS) is 1. The number of carbonyl (C=O) groups excluding carboxylic acids is 1. The standard InChI is InChI=1S/C13H20N4O6/c1-13(2,3)23-12(20)15-9(10(18)19)5-4-7-16-8-6-14-11(16)17(21)22/h6,8-9H,4-5,7H2,1-3H3,(H,15,20)(H,18,19)/t9-/m0/s1. The fourth-order valence-corrected chi connectivity index (χ4v) is 1.82. The molecule has 1 amide bonds. The maximum Gasteiger partial charge on any atom is 0.434 e. The van der Waals surface area contributed by atoms with Crippen molar-refractivity contribution in [3.8, 4) is 0 Å². The van der Waals surface area contributed by atoms with Crippen LogP contribution >= 0.6 is 0 Å². The molecule has 23 heavy (non-hydrogen) atoms. The minimum Gasteiger partial charge on any atom is -0.480 e. The molecule has 10 nitrogen and oxygen atoms in total. The highest BCUT2D eigenvalue weighted by atomic mass is 16.6. The summed E-state index contributed by atoms with van der Waals surface area (Å²) >= 11 is 0. The van der Waals surface area contributed by atoms with Crippen molar-refractivity contribution in [2.75, 3.05) is 0 Å². The van der Waals surface area contributed by atoms with E-state index in [4.69, 9.17) is 9.84 Å². The van der Waals surface area contributed by atoms with Gasteiger partial charge in [-0.05, 0) is 38.5 Å². The van der Waals surface area contributed by atoms with Gasteiger partial charge >= 0.3 is 18.0 Å². The van der Waals surface area contributed by atoms with E-state index in [2.05, 4.69) is 10.3 Å². The molecule has 1 rings (SSSR count). The van der Waals surface area contributed by atoms with Crippen molar-refractivity contribution < 1.29 is 24.4 Å². The summed E-state index contributed by atoms with van der Waals surface area (Å²) in [6.45, 7) is 5.22. The van der Waals surface area contributed by atoms with Crippen molar-refractivity contribution >= 4 is 18.0 Å². The van der Waals surface area contributed by atoms with E-state index < -0.39 is 28.6 Å². The van der Waals surface area contributed by atoms with E-state index in [1.54, 1.807) is 20.8 Å². The van der Waals surface area contributed by atoms with Gasteiger partial charge in [0.05, 0.1) is 6.54 Å². The van der Waals surface area contributed by atoms with Crippen LogP contribution in [0.1, 0.15) is 33.6 Å². The van der Waals surface area contributed by atoms with Crippen molar-refractivity contribution in [3.63, 3.8) is 0 Å². The molecule has 1 aromatic heterocycles. The SMILES string of the molecule is CC(C)(C)OC(=O)N[C@@H](CCCn1ccnc1[N+](=O)[O-])C(=O)O. The third kappa shape index (κ3) is 6.32. The maximum atomic E-state index is 11.6. The van der Waals surface area contributed by atoms with Gasteiger partial charge in [0.2, 0.25) is 0 Å². The van der Waals surface area contributed by atoms with Gasteiger partial charge in [-0.25, -0.2) is 14.2 Å². The second-order valence-electron chi connectivity index (χ2n) is 5.86. The van der Waals surface area contributed by atoms with Gasteiger partial charge in [-0.2, -0.15) is 0 Å². The van der Waals surface area contributed by atoms with Crippen molar-refractivity contribution in [1.82, 2.24) is 14.9 Å². The van der Waals surface area contributed by atoms with Crippen molar-refractivity contribution in [2.24, 2.45) is 0 Å². The first-order valence-electron chi connectivity index (χ1n) is 6.98. The molecular weight excluding hydrogens is 308 g/mol. The molecule has 0 saturated heterocycles. The Morgan fingerprint density at radius 2 is 2.17 bits per heavy atom. The molecule has 0 fully saturated rings. The summed E-state index contributed by atoms with van der Waals surface area (Å²) in [4.78, 5) is 36.5. The average molecular weight is 328 g/mol. The Bertz CT molecular complexity index is 577. The minimum atomic E-state index is -1.20. The smallest absolute Gasteiger partial charge is 0.434 e. The first kappa shape index (κ1) is 18.4. The van der Waals surface area contributed by atoms with Crippen LogP contribution in [0.4, 0.5) is 10.7 Å². The van der Waals surface area contributed by atoms with Crippen LogP contribution in [-0.2, 0) is 16.1 Å². The van der Waals surface area contributed by atoms with Gasteiger partial charge in [0.25, 0.3) is 0 Å². The number of imidazole rings is 1. The Balaban J connectivity index is 2.54. The largest absolute Gasteiger partial charge is 0.480 e. The number of nitrogens with one attached hydrogen (secondary N) is 1.